The molecular weight excluding hydrogens is 330 g/mol. The first kappa shape index (κ1) is 17.0. The molecule has 2 rings (SSSR count). The van der Waals surface area contributed by atoms with E-state index < -0.39 is 0 Å². The fourth-order valence-corrected chi connectivity index (χ4v) is 3.29. The molecule has 0 bridgehead atoms. The second-order valence-electron chi connectivity index (χ2n) is 4.75. The molecule has 2 aromatic rings. The minimum Gasteiger partial charge on any atom is -0.401 e. The number of ketones is 1. The molecule has 0 atom stereocenters. The van der Waals surface area contributed by atoms with Gasteiger partial charge in [-0.1, -0.05) is 40.8 Å². The third-order valence-electron chi connectivity index (χ3n) is 2.82. The third kappa shape index (κ3) is 4.81. The van der Waals surface area contributed by atoms with Gasteiger partial charge in [-0.2, -0.15) is 5.26 Å². The van der Waals surface area contributed by atoms with E-state index in [0.717, 1.165) is 5.69 Å². The van der Waals surface area contributed by atoms with Gasteiger partial charge in [-0.15, -0.1) is 10.2 Å². The summed E-state index contributed by atoms with van der Waals surface area (Å²) in [6, 6.07) is 9.75. The molecule has 1 aromatic carbocycles. The average Bonchev–Trinajstić information content (AvgIpc) is 2.95. The molecule has 0 saturated carbocycles. The van der Waals surface area contributed by atoms with Gasteiger partial charge in [0.2, 0.25) is 5.13 Å². The highest BCUT2D eigenvalue weighted by molar-refractivity contribution is 8.01. The smallest absolute Gasteiger partial charge is 0.210 e. The quantitative estimate of drug-likeness (QED) is 0.471. The molecule has 0 aliphatic rings. The number of nitrogens with one attached hydrogen (secondary N) is 1. The molecule has 6 nitrogen and oxygen atoms in total. The summed E-state index contributed by atoms with van der Waals surface area (Å²) in [6.45, 7) is 3.56. The van der Waals surface area contributed by atoms with Crippen molar-refractivity contribution < 1.29 is 4.79 Å². The number of nitrogens with zero attached hydrogens (tertiary/aromatic N) is 3. The first-order valence-corrected chi connectivity index (χ1v) is 8.49. The van der Waals surface area contributed by atoms with Gasteiger partial charge in [0, 0.05) is 11.4 Å². The molecular formula is C15H15N5OS2. The summed E-state index contributed by atoms with van der Waals surface area (Å²) >= 11 is 2.59. The first-order chi connectivity index (χ1) is 11.0. The van der Waals surface area contributed by atoms with E-state index in [1.54, 1.807) is 0 Å². The Kier molecular flexibility index (Phi) is 5.73. The molecule has 0 spiro atoms. The monoisotopic (exact) mass is 345 g/mol. The molecule has 1 aromatic heterocycles. The summed E-state index contributed by atoms with van der Waals surface area (Å²) in [5, 5.41) is 20.8. The topological polar surface area (TPSA) is 105 Å². The van der Waals surface area contributed by atoms with E-state index >= 15 is 0 Å². The molecule has 8 heteroatoms. The minimum absolute atomic E-state index is 0.0000177. The van der Waals surface area contributed by atoms with Crippen LogP contribution in [0.2, 0.25) is 0 Å². The minimum atomic E-state index is -0.305. The summed E-state index contributed by atoms with van der Waals surface area (Å²) in [6.07, 6.45) is 0. The fraction of sp³-hybridized carbons (Fsp3) is 0.200. The Labute approximate surface area is 142 Å². The van der Waals surface area contributed by atoms with Gasteiger partial charge in [0.25, 0.3) is 0 Å². The molecule has 0 unspecified atom stereocenters. The van der Waals surface area contributed by atoms with Gasteiger partial charge < -0.3 is 11.1 Å². The van der Waals surface area contributed by atoms with Crippen molar-refractivity contribution in [2.45, 2.75) is 18.2 Å². The Balaban J connectivity index is 1.95. The molecule has 0 aliphatic heterocycles. The van der Waals surface area contributed by atoms with Crippen LogP contribution in [0.25, 0.3) is 0 Å². The lowest BCUT2D eigenvalue weighted by atomic mass is 10.2. The summed E-state index contributed by atoms with van der Waals surface area (Å²) < 4.78 is 0.653. The number of aryl methyl sites for hydroxylation is 1. The van der Waals surface area contributed by atoms with E-state index in [1.807, 2.05) is 37.3 Å². The maximum atomic E-state index is 11.9. The third-order valence-corrected chi connectivity index (χ3v) is 4.79. The van der Waals surface area contributed by atoms with Crippen molar-refractivity contribution in [3.8, 4) is 6.07 Å². The Hall–Kier alpha value is -2.37. The summed E-state index contributed by atoms with van der Waals surface area (Å²) in [4.78, 5) is 11.9. The van der Waals surface area contributed by atoms with E-state index in [2.05, 4.69) is 15.5 Å². The molecule has 3 N–H and O–H groups in total. The van der Waals surface area contributed by atoms with Crippen molar-refractivity contribution in [3.63, 3.8) is 0 Å². The van der Waals surface area contributed by atoms with Crippen LogP contribution in [0.4, 0.5) is 10.8 Å². The predicted molar refractivity (Wildman–Crippen MR) is 92.6 cm³/mol. The van der Waals surface area contributed by atoms with Crippen molar-refractivity contribution in [3.05, 3.63) is 41.1 Å². The second kappa shape index (κ2) is 7.76. The normalized spacial score (nSPS) is 11.5. The average molecular weight is 345 g/mol. The number of Topliss-reactive ketones (excluding diaryl/α,β-unsaturated/α-hetero) is 1. The summed E-state index contributed by atoms with van der Waals surface area (Å²) in [7, 11) is 0. The number of nitriles is 1. The highest BCUT2D eigenvalue weighted by Gasteiger charge is 2.13. The van der Waals surface area contributed by atoms with Crippen molar-refractivity contribution in [1.29, 1.82) is 5.26 Å². The predicted octanol–water partition coefficient (Wildman–Crippen LogP) is 3.01. The second-order valence-corrected chi connectivity index (χ2v) is 6.95. The van der Waals surface area contributed by atoms with Gasteiger partial charge in [-0.05, 0) is 26.0 Å². The Morgan fingerprint density at radius 1 is 1.39 bits per heavy atom. The molecule has 1 heterocycles. The largest absolute Gasteiger partial charge is 0.401 e. The van der Waals surface area contributed by atoms with Crippen LogP contribution < -0.4 is 11.1 Å². The number of hydrogen-bond acceptors (Lipinski definition) is 8. The van der Waals surface area contributed by atoms with E-state index in [9.17, 15) is 4.79 Å². The number of anilines is 2. The number of nitrogens with two attached hydrogens (primary N) is 1. The lowest BCUT2D eigenvalue weighted by Gasteiger charge is -2.01. The van der Waals surface area contributed by atoms with Gasteiger partial charge in [0.15, 0.2) is 10.1 Å². The maximum Gasteiger partial charge on any atom is 0.210 e. The number of allylic oxidation sites excluding steroid dienone is 2. The molecule has 0 amide bonds. The van der Waals surface area contributed by atoms with E-state index in [0.29, 0.717) is 9.47 Å². The molecule has 0 saturated heterocycles. The number of carbonyl (C=O) groups excluding carboxylic acids is 1. The van der Waals surface area contributed by atoms with Crippen LogP contribution in [0.15, 0.2) is 39.9 Å². The number of thioether (sulfide) groups is 1. The lowest BCUT2D eigenvalue weighted by molar-refractivity contribution is -0.112. The standard InChI is InChI=1S/C15H15N5OS2/c1-9-3-5-11(6-4-9)18-14-19-20-15(23-14)22-8-13(21)12(7-16)10(2)17/h3-6H,8,17H2,1-2H3,(H,18,19)/b12-10-. The van der Waals surface area contributed by atoms with E-state index in [-0.39, 0.29) is 22.8 Å². The van der Waals surface area contributed by atoms with Gasteiger partial charge in [0.1, 0.15) is 11.6 Å². The van der Waals surface area contributed by atoms with Crippen LogP contribution in [0.5, 0.6) is 0 Å². The maximum absolute atomic E-state index is 11.9. The SMILES string of the molecule is C/C(N)=C(\C#N)C(=O)CSc1nnc(Nc2ccc(C)cc2)s1. The van der Waals surface area contributed by atoms with Crippen LogP contribution in [-0.2, 0) is 4.79 Å². The Morgan fingerprint density at radius 3 is 2.70 bits per heavy atom. The van der Waals surface area contributed by atoms with Crippen LogP contribution in [0, 0.1) is 18.3 Å². The zero-order valence-electron chi connectivity index (χ0n) is 12.7. The van der Waals surface area contributed by atoms with Gasteiger partial charge in [-0.25, -0.2) is 0 Å². The van der Waals surface area contributed by atoms with Crippen LogP contribution in [-0.4, -0.2) is 21.7 Å². The van der Waals surface area contributed by atoms with Crippen molar-refractivity contribution in [2.75, 3.05) is 11.1 Å². The highest BCUT2D eigenvalue weighted by Crippen LogP contribution is 2.28. The van der Waals surface area contributed by atoms with Crippen molar-refractivity contribution in [2.24, 2.45) is 5.73 Å². The highest BCUT2D eigenvalue weighted by atomic mass is 32.2. The molecule has 23 heavy (non-hydrogen) atoms. The fourth-order valence-electron chi connectivity index (χ4n) is 1.65. The number of hydrogen-bond donors (Lipinski definition) is 2. The first-order valence-electron chi connectivity index (χ1n) is 6.69. The number of benzene rings is 1. The van der Waals surface area contributed by atoms with Gasteiger partial charge in [0.05, 0.1) is 5.75 Å². The van der Waals surface area contributed by atoms with Gasteiger partial charge >= 0.3 is 0 Å². The lowest BCUT2D eigenvalue weighted by Crippen LogP contribution is -2.10. The van der Waals surface area contributed by atoms with Crippen LogP contribution >= 0.6 is 23.1 Å². The van der Waals surface area contributed by atoms with Crippen molar-refractivity contribution >= 4 is 39.7 Å². The summed E-state index contributed by atoms with van der Waals surface area (Å²) in [5.41, 5.74) is 7.85. The Bertz CT molecular complexity index is 770. The van der Waals surface area contributed by atoms with Crippen LogP contribution in [0.1, 0.15) is 12.5 Å². The molecule has 0 radical (unpaired) electrons. The zero-order valence-corrected chi connectivity index (χ0v) is 14.3. The zero-order chi connectivity index (χ0) is 16.8. The molecule has 118 valence electrons. The van der Waals surface area contributed by atoms with Crippen LogP contribution in [0.3, 0.4) is 0 Å². The number of carbonyl (C=O) groups is 1. The summed E-state index contributed by atoms with van der Waals surface area (Å²) in [5.74, 6) is -0.197. The van der Waals surface area contributed by atoms with Crippen molar-refractivity contribution in [1.82, 2.24) is 10.2 Å². The van der Waals surface area contributed by atoms with Gasteiger partial charge in [-0.3, -0.25) is 4.79 Å². The molecule has 0 aliphatic carbocycles. The number of aromatic nitrogens is 2. The Morgan fingerprint density at radius 2 is 2.09 bits per heavy atom. The van der Waals surface area contributed by atoms with E-state index in [1.165, 1.54) is 35.6 Å². The molecule has 0 fully saturated rings. The van der Waals surface area contributed by atoms with E-state index in [4.69, 9.17) is 11.0 Å². The number of rotatable bonds is 6.